The molecule has 108 valence electrons. The topological polar surface area (TPSA) is 75.3 Å². The van der Waals surface area contributed by atoms with Crippen LogP contribution in [0.2, 0.25) is 0 Å². The number of anilines is 1. The van der Waals surface area contributed by atoms with E-state index in [1.165, 1.54) is 10.4 Å². The highest BCUT2D eigenvalue weighted by molar-refractivity contribution is 7.18. The van der Waals surface area contributed by atoms with Crippen molar-refractivity contribution in [2.24, 2.45) is 0 Å². The van der Waals surface area contributed by atoms with Crippen molar-refractivity contribution in [3.05, 3.63) is 16.3 Å². The average molecular weight is 292 g/mol. The largest absolute Gasteiger partial charge is 0.395 e. The lowest BCUT2D eigenvalue weighted by molar-refractivity contribution is 0.151. The van der Waals surface area contributed by atoms with E-state index in [0.29, 0.717) is 12.4 Å². The second-order valence-corrected chi connectivity index (χ2v) is 6.64. The van der Waals surface area contributed by atoms with E-state index < -0.39 is 0 Å². The van der Waals surface area contributed by atoms with Crippen molar-refractivity contribution in [1.82, 2.24) is 14.9 Å². The van der Waals surface area contributed by atoms with Gasteiger partial charge < -0.3 is 10.8 Å². The van der Waals surface area contributed by atoms with Gasteiger partial charge in [0.25, 0.3) is 0 Å². The molecule has 0 saturated carbocycles. The maximum Gasteiger partial charge on any atom is 0.146 e. The van der Waals surface area contributed by atoms with Gasteiger partial charge in [-0.2, -0.15) is 0 Å². The summed E-state index contributed by atoms with van der Waals surface area (Å²) in [5.41, 5.74) is 7.28. The third-order valence-electron chi connectivity index (χ3n) is 4.16. The number of aliphatic hydroxyl groups is 1. The first-order valence-corrected chi connectivity index (χ1v) is 7.78. The smallest absolute Gasteiger partial charge is 0.146 e. The van der Waals surface area contributed by atoms with Crippen molar-refractivity contribution in [2.75, 3.05) is 18.9 Å². The third kappa shape index (κ3) is 2.28. The highest BCUT2D eigenvalue weighted by Crippen LogP contribution is 2.32. The molecule has 0 amide bonds. The first-order valence-electron chi connectivity index (χ1n) is 6.97. The van der Waals surface area contributed by atoms with Crippen LogP contribution < -0.4 is 5.73 Å². The molecule has 6 heteroatoms. The lowest BCUT2D eigenvalue weighted by Crippen LogP contribution is -2.32. The van der Waals surface area contributed by atoms with Crippen LogP contribution in [0.3, 0.4) is 0 Å². The van der Waals surface area contributed by atoms with Gasteiger partial charge in [-0.15, -0.1) is 11.3 Å². The number of likely N-dealkylation sites (tertiary alicyclic amines) is 1. The van der Waals surface area contributed by atoms with Crippen LogP contribution in [0.4, 0.5) is 5.82 Å². The van der Waals surface area contributed by atoms with Gasteiger partial charge in [-0.05, 0) is 38.8 Å². The molecule has 20 heavy (non-hydrogen) atoms. The summed E-state index contributed by atoms with van der Waals surface area (Å²) >= 11 is 1.67. The first kappa shape index (κ1) is 13.7. The number of fused-ring (bicyclic) bond motifs is 1. The van der Waals surface area contributed by atoms with Crippen molar-refractivity contribution < 1.29 is 5.11 Å². The fourth-order valence-corrected chi connectivity index (χ4v) is 3.94. The van der Waals surface area contributed by atoms with Crippen LogP contribution in [0.5, 0.6) is 0 Å². The Morgan fingerprint density at radius 3 is 2.95 bits per heavy atom. The molecule has 0 aromatic carbocycles. The zero-order valence-electron chi connectivity index (χ0n) is 11.9. The second-order valence-electron chi connectivity index (χ2n) is 5.44. The Kier molecular flexibility index (Phi) is 3.62. The summed E-state index contributed by atoms with van der Waals surface area (Å²) in [6.45, 7) is 6.02. The SMILES string of the molecule is Cc1sc2nc(CN3CCC[C@@H]3CO)nc(N)c2c1C. The van der Waals surface area contributed by atoms with Crippen LogP contribution in [0.1, 0.15) is 29.1 Å². The summed E-state index contributed by atoms with van der Waals surface area (Å²) in [5.74, 6) is 1.34. The van der Waals surface area contributed by atoms with Crippen LogP contribution in [0, 0.1) is 13.8 Å². The van der Waals surface area contributed by atoms with Gasteiger partial charge in [-0.25, -0.2) is 9.97 Å². The molecule has 1 atom stereocenters. The van der Waals surface area contributed by atoms with Crippen molar-refractivity contribution in [2.45, 2.75) is 39.3 Å². The molecule has 1 fully saturated rings. The summed E-state index contributed by atoms with van der Waals surface area (Å²) < 4.78 is 0. The molecule has 3 N–H and O–H groups in total. The Morgan fingerprint density at radius 2 is 2.20 bits per heavy atom. The van der Waals surface area contributed by atoms with Crippen LogP contribution in [0.15, 0.2) is 0 Å². The molecule has 5 nitrogen and oxygen atoms in total. The minimum absolute atomic E-state index is 0.203. The highest BCUT2D eigenvalue weighted by Gasteiger charge is 2.25. The number of nitrogens with zero attached hydrogens (tertiary/aromatic N) is 3. The minimum Gasteiger partial charge on any atom is -0.395 e. The summed E-state index contributed by atoms with van der Waals surface area (Å²) in [6, 6.07) is 0.238. The Balaban J connectivity index is 1.93. The van der Waals surface area contributed by atoms with E-state index in [-0.39, 0.29) is 12.6 Å². The fraction of sp³-hybridized carbons (Fsp3) is 0.571. The Hall–Kier alpha value is -1.24. The molecule has 0 radical (unpaired) electrons. The summed E-state index contributed by atoms with van der Waals surface area (Å²) in [5, 5.41) is 10.4. The maximum atomic E-state index is 9.38. The molecule has 0 aliphatic carbocycles. The van der Waals surface area contributed by atoms with E-state index in [2.05, 4.69) is 28.7 Å². The molecule has 1 saturated heterocycles. The van der Waals surface area contributed by atoms with Crippen LogP contribution in [0.25, 0.3) is 10.2 Å². The van der Waals surface area contributed by atoms with Crippen LogP contribution in [-0.2, 0) is 6.54 Å². The molecule has 1 aliphatic rings. The lowest BCUT2D eigenvalue weighted by atomic mass is 10.2. The predicted molar refractivity (Wildman–Crippen MR) is 81.8 cm³/mol. The van der Waals surface area contributed by atoms with E-state index in [0.717, 1.165) is 35.4 Å². The Bertz CT molecular complexity index is 640. The third-order valence-corrected chi connectivity index (χ3v) is 5.26. The van der Waals surface area contributed by atoms with Gasteiger partial charge in [-0.1, -0.05) is 0 Å². The predicted octanol–water partition coefficient (Wildman–Crippen LogP) is 1.85. The van der Waals surface area contributed by atoms with Crippen molar-refractivity contribution in [3.63, 3.8) is 0 Å². The van der Waals surface area contributed by atoms with Gasteiger partial charge in [0.1, 0.15) is 16.5 Å². The van der Waals surface area contributed by atoms with E-state index in [4.69, 9.17) is 5.73 Å². The second kappa shape index (κ2) is 5.27. The lowest BCUT2D eigenvalue weighted by Gasteiger charge is -2.21. The van der Waals surface area contributed by atoms with Crippen molar-refractivity contribution >= 4 is 27.4 Å². The number of hydrogen-bond donors (Lipinski definition) is 2. The minimum atomic E-state index is 0.203. The van der Waals surface area contributed by atoms with Gasteiger partial charge in [0.15, 0.2) is 0 Å². The summed E-state index contributed by atoms with van der Waals surface area (Å²) in [7, 11) is 0. The number of hydrogen-bond acceptors (Lipinski definition) is 6. The molecule has 2 aromatic rings. The highest BCUT2D eigenvalue weighted by atomic mass is 32.1. The number of rotatable bonds is 3. The van der Waals surface area contributed by atoms with Gasteiger partial charge in [-0.3, -0.25) is 4.90 Å². The molecule has 0 bridgehead atoms. The number of aliphatic hydroxyl groups excluding tert-OH is 1. The molecular formula is C14H20N4OS. The monoisotopic (exact) mass is 292 g/mol. The van der Waals surface area contributed by atoms with Crippen LogP contribution >= 0.6 is 11.3 Å². The van der Waals surface area contributed by atoms with Crippen LogP contribution in [-0.4, -0.2) is 39.2 Å². The number of aromatic nitrogens is 2. The first-order chi connectivity index (χ1) is 9.60. The zero-order valence-corrected chi connectivity index (χ0v) is 12.7. The molecular weight excluding hydrogens is 272 g/mol. The fourth-order valence-electron chi connectivity index (χ4n) is 2.89. The van der Waals surface area contributed by atoms with E-state index >= 15 is 0 Å². The normalized spacial score (nSPS) is 20.1. The standard InChI is InChI=1S/C14H20N4OS/c1-8-9(2)20-14-12(8)13(15)16-11(17-14)6-18-5-3-4-10(18)7-19/h10,19H,3-7H2,1-2H3,(H2,15,16,17)/t10-/m1/s1. The number of aryl methyl sites for hydroxylation is 2. The number of nitrogens with two attached hydrogens (primary N) is 1. The molecule has 0 spiro atoms. The maximum absolute atomic E-state index is 9.38. The van der Waals surface area contributed by atoms with Gasteiger partial charge in [0, 0.05) is 10.9 Å². The zero-order chi connectivity index (χ0) is 14.3. The molecule has 0 unspecified atom stereocenters. The quantitative estimate of drug-likeness (QED) is 0.903. The molecule has 3 rings (SSSR count). The Morgan fingerprint density at radius 1 is 1.40 bits per heavy atom. The van der Waals surface area contributed by atoms with Gasteiger partial charge in [0.2, 0.25) is 0 Å². The Labute approximate surface area is 122 Å². The van der Waals surface area contributed by atoms with Crippen molar-refractivity contribution in [3.8, 4) is 0 Å². The molecule has 1 aliphatic heterocycles. The van der Waals surface area contributed by atoms with E-state index in [1.54, 1.807) is 11.3 Å². The molecule has 2 aromatic heterocycles. The number of nitrogen functional groups attached to an aromatic ring is 1. The molecule has 3 heterocycles. The van der Waals surface area contributed by atoms with Gasteiger partial charge >= 0.3 is 0 Å². The van der Waals surface area contributed by atoms with E-state index in [1.807, 2.05) is 0 Å². The average Bonchev–Trinajstić information content (AvgIpc) is 2.95. The van der Waals surface area contributed by atoms with Crippen molar-refractivity contribution in [1.29, 1.82) is 0 Å². The summed E-state index contributed by atoms with van der Waals surface area (Å²) in [6.07, 6.45) is 2.17. The van der Waals surface area contributed by atoms with Gasteiger partial charge in [0.05, 0.1) is 18.5 Å². The summed E-state index contributed by atoms with van der Waals surface area (Å²) in [4.78, 5) is 13.6. The number of thiophene rings is 1. The van der Waals surface area contributed by atoms with E-state index in [9.17, 15) is 5.11 Å².